The Labute approximate surface area is 159 Å². The van der Waals surface area contributed by atoms with Crippen molar-refractivity contribution in [2.45, 2.75) is 29.8 Å². The number of carbonyl (C=O) groups excluding carboxylic acids is 2. The van der Waals surface area contributed by atoms with Crippen LogP contribution in [-0.4, -0.2) is 43.2 Å². The van der Waals surface area contributed by atoms with Gasteiger partial charge in [-0.3, -0.25) is 4.79 Å². The van der Waals surface area contributed by atoms with Crippen LogP contribution in [0.4, 0.5) is 9.93 Å². The second-order valence-corrected chi connectivity index (χ2v) is 8.45. The van der Waals surface area contributed by atoms with Gasteiger partial charge < -0.3 is 10.1 Å². The molecule has 1 aliphatic rings. The average molecular weight is 411 g/mol. The highest BCUT2D eigenvalue weighted by molar-refractivity contribution is 7.91. The summed E-state index contributed by atoms with van der Waals surface area (Å²) < 4.78 is 27.6. The lowest BCUT2D eigenvalue weighted by molar-refractivity contribution is -0.119. The average Bonchev–Trinajstić information content (AvgIpc) is 3.32. The number of benzene rings is 1. The molecule has 3 rings (SSSR count). The van der Waals surface area contributed by atoms with Crippen LogP contribution in [0.15, 0.2) is 34.7 Å². The van der Waals surface area contributed by atoms with Crippen LogP contribution in [0.25, 0.3) is 0 Å². The van der Waals surface area contributed by atoms with Crippen molar-refractivity contribution in [1.82, 2.24) is 15.5 Å². The zero-order chi connectivity index (χ0) is 19.4. The number of rotatable bonds is 5. The van der Waals surface area contributed by atoms with Crippen LogP contribution in [0.1, 0.15) is 18.4 Å². The molecule has 0 spiro atoms. The fourth-order valence-electron chi connectivity index (χ4n) is 2.51. The van der Waals surface area contributed by atoms with E-state index in [4.69, 9.17) is 9.88 Å². The molecule has 12 heteroatoms. The summed E-state index contributed by atoms with van der Waals surface area (Å²) >= 11 is 0.526. The maximum atomic E-state index is 12.8. The largest absolute Gasteiger partial charge is 0.444 e. The van der Waals surface area contributed by atoms with E-state index in [2.05, 4.69) is 15.5 Å². The molecule has 144 valence electrons. The molecule has 2 heterocycles. The van der Waals surface area contributed by atoms with E-state index in [0.29, 0.717) is 29.2 Å². The van der Waals surface area contributed by atoms with Gasteiger partial charge in [-0.2, -0.15) is 4.90 Å². The summed E-state index contributed by atoms with van der Waals surface area (Å²) in [6.07, 6.45) is 0.360. The first kappa shape index (κ1) is 19.4. The van der Waals surface area contributed by atoms with Gasteiger partial charge in [-0.15, -0.1) is 10.2 Å². The minimum absolute atomic E-state index is 0.0532. The fourth-order valence-corrected chi connectivity index (χ4v) is 3.92. The van der Waals surface area contributed by atoms with Crippen molar-refractivity contribution in [3.05, 3.63) is 35.9 Å². The Balaban J connectivity index is 1.83. The number of anilines is 1. The van der Waals surface area contributed by atoms with Gasteiger partial charge in [0.25, 0.3) is 15.9 Å². The van der Waals surface area contributed by atoms with Crippen LogP contribution in [0.3, 0.4) is 0 Å². The van der Waals surface area contributed by atoms with E-state index in [1.54, 1.807) is 24.3 Å². The van der Waals surface area contributed by atoms with Crippen LogP contribution in [0.2, 0.25) is 0 Å². The molecule has 0 aliphatic carbocycles. The van der Waals surface area contributed by atoms with Crippen molar-refractivity contribution in [3.8, 4) is 0 Å². The monoisotopic (exact) mass is 411 g/mol. The molecule has 2 aromatic rings. The normalized spacial score (nSPS) is 16.9. The van der Waals surface area contributed by atoms with Crippen molar-refractivity contribution in [1.29, 1.82) is 0 Å². The zero-order valence-corrected chi connectivity index (χ0v) is 15.7. The van der Waals surface area contributed by atoms with E-state index in [-0.39, 0.29) is 11.7 Å². The lowest BCUT2D eigenvalue weighted by atomic mass is 10.2. The Bertz CT molecular complexity index is 925. The standard InChI is InChI=1S/C15H17N5O5S2/c16-27(23,24)14-19-18-13(26-14)20(12(21)11-7-4-8-17-11)15(22)25-9-10-5-2-1-3-6-10/h1-3,5-6,11,17H,4,7-9H2,(H2,16,23,24)/t11-/m0/s1. The number of sulfonamides is 1. The number of imide groups is 1. The summed E-state index contributed by atoms with van der Waals surface area (Å²) in [5.41, 5.74) is 0.736. The molecule has 10 nitrogen and oxygen atoms in total. The highest BCUT2D eigenvalue weighted by atomic mass is 32.2. The Hall–Kier alpha value is -2.41. The number of hydrogen-bond acceptors (Lipinski definition) is 9. The Morgan fingerprint density at radius 2 is 2.04 bits per heavy atom. The number of primary sulfonamides is 1. The maximum Gasteiger partial charge on any atom is 0.423 e. The molecule has 1 fully saturated rings. The maximum absolute atomic E-state index is 12.8. The van der Waals surface area contributed by atoms with Gasteiger partial charge in [0.2, 0.25) is 9.47 Å². The van der Waals surface area contributed by atoms with Gasteiger partial charge in [0, 0.05) is 0 Å². The summed E-state index contributed by atoms with van der Waals surface area (Å²) in [6, 6.07) is 8.35. The molecule has 0 saturated carbocycles. The third-order valence-corrected chi connectivity index (χ3v) is 6.02. The quantitative estimate of drug-likeness (QED) is 0.681. The van der Waals surface area contributed by atoms with Crippen molar-refractivity contribution >= 4 is 38.5 Å². The smallest absolute Gasteiger partial charge is 0.423 e. The van der Waals surface area contributed by atoms with Gasteiger partial charge in [0.05, 0.1) is 6.04 Å². The number of hydrogen-bond donors (Lipinski definition) is 2. The van der Waals surface area contributed by atoms with Crippen LogP contribution in [0.5, 0.6) is 0 Å². The molecule has 0 unspecified atom stereocenters. The highest BCUT2D eigenvalue weighted by Gasteiger charge is 2.36. The van der Waals surface area contributed by atoms with Crippen molar-refractivity contribution in [3.63, 3.8) is 0 Å². The highest BCUT2D eigenvalue weighted by Crippen LogP contribution is 2.25. The zero-order valence-electron chi connectivity index (χ0n) is 14.1. The Kier molecular flexibility index (Phi) is 5.79. The van der Waals surface area contributed by atoms with Crippen LogP contribution < -0.4 is 15.4 Å². The third-order valence-electron chi connectivity index (χ3n) is 3.80. The van der Waals surface area contributed by atoms with Crippen molar-refractivity contribution in [2.75, 3.05) is 11.4 Å². The first-order valence-electron chi connectivity index (χ1n) is 8.00. The molecule has 27 heavy (non-hydrogen) atoms. The number of nitrogens with one attached hydrogen (secondary N) is 1. The molecule has 1 aliphatic heterocycles. The van der Waals surface area contributed by atoms with Gasteiger partial charge >= 0.3 is 6.09 Å². The van der Waals surface area contributed by atoms with Gasteiger partial charge in [-0.1, -0.05) is 41.7 Å². The van der Waals surface area contributed by atoms with E-state index in [1.807, 2.05) is 6.07 Å². The number of ether oxygens (including phenoxy) is 1. The summed E-state index contributed by atoms with van der Waals surface area (Å²) in [7, 11) is -4.10. The molecule has 0 radical (unpaired) electrons. The number of carbonyl (C=O) groups is 2. The van der Waals surface area contributed by atoms with Gasteiger partial charge in [-0.25, -0.2) is 18.4 Å². The van der Waals surface area contributed by atoms with Crippen LogP contribution >= 0.6 is 11.3 Å². The van der Waals surface area contributed by atoms with E-state index < -0.39 is 32.4 Å². The molecule has 1 saturated heterocycles. The van der Waals surface area contributed by atoms with Crippen LogP contribution in [0, 0.1) is 0 Å². The minimum atomic E-state index is -4.10. The minimum Gasteiger partial charge on any atom is -0.444 e. The molecular formula is C15H17N5O5S2. The van der Waals surface area contributed by atoms with E-state index >= 15 is 0 Å². The Morgan fingerprint density at radius 3 is 2.63 bits per heavy atom. The topological polar surface area (TPSA) is 145 Å². The molecule has 3 N–H and O–H groups in total. The van der Waals surface area contributed by atoms with E-state index in [9.17, 15) is 18.0 Å². The SMILES string of the molecule is NS(=O)(=O)c1nnc(N(C(=O)OCc2ccccc2)C(=O)[C@@H]2CCCN2)s1. The first-order chi connectivity index (χ1) is 12.9. The second-order valence-electron chi connectivity index (χ2n) is 5.76. The second kappa shape index (κ2) is 8.08. The number of aromatic nitrogens is 2. The van der Waals surface area contributed by atoms with Gasteiger partial charge in [0.15, 0.2) is 0 Å². The summed E-state index contributed by atoms with van der Waals surface area (Å²) in [6.45, 7) is 0.588. The lowest BCUT2D eigenvalue weighted by Crippen LogP contribution is -2.47. The molecular weight excluding hydrogens is 394 g/mol. The van der Waals surface area contributed by atoms with E-state index in [0.717, 1.165) is 12.0 Å². The van der Waals surface area contributed by atoms with E-state index in [1.165, 1.54) is 0 Å². The first-order valence-corrected chi connectivity index (χ1v) is 10.4. The third kappa shape index (κ3) is 4.66. The summed E-state index contributed by atoms with van der Waals surface area (Å²) in [4.78, 5) is 26.1. The van der Waals surface area contributed by atoms with Gasteiger partial charge in [-0.05, 0) is 24.9 Å². The molecule has 0 bridgehead atoms. The predicted octanol–water partition coefficient (Wildman–Crippen LogP) is 0.607. The van der Waals surface area contributed by atoms with Gasteiger partial charge in [0.1, 0.15) is 6.61 Å². The molecule has 1 aromatic heterocycles. The van der Waals surface area contributed by atoms with Crippen molar-refractivity contribution in [2.24, 2.45) is 5.14 Å². The number of nitrogens with two attached hydrogens (primary N) is 1. The van der Waals surface area contributed by atoms with Crippen LogP contribution in [-0.2, 0) is 26.2 Å². The molecule has 1 aromatic carbocycles. The fraction of sp³-hybridized carbons (Fsp3) is 0.333. The number of nitrogens with zero attached hydrogens (tertiary/aromatic N) is 3. The molecule has 1 atom stereocenters. The molecule has 2 amide bonds. The summed E-state index contributed by atoms with van der Waals surface area (Å²) in [5.74, 6) is -0.581. The predicted molar refractivity (Wildman–Crippen MR) is 96.4 cm³/mol. The van der Waals surface area contributed by atoms with Crippen molar-refractivity contribution < 1.29 is 22.7 Å². The lowest BCUT2D eigenvalue weighted by Gasteiger charge is -2.20. The number of amides is 2. The summed E-state index contributed by atoms with van der Waals surface area (Å²) in [5, 5.41) is 14.9. The Morgan fingerprint density at radius 1 is 1.30 bits per heavy atom.